The van der Waals surface area contributed by atoms with Crippen LogP contribution in [0.3, 0.4) is 0 Å². The van der Waals surface area contributed by atoms with Crippen LogP contribution in [0.1, 0.15) is 23.1 Å². The zero-order valence-corrected chi connectivity index (χ0v) is 11.8. The van der Waals surface area contributed by atoms with E-state index in [2.05, 4.69) is 25.8 Å². The van der Waals surface area contributed by atoms with Crippen LogP contribution in [0, 0.1) is 0 Å². The monoisotopic (exact) mass is 297 g/mol. The Morgan fingerprint density at radius 1 is 1.42 bits per heavy atom. The summed E-state index contributed by atoms with van der Waals surface area (Å²) in [5.41, 5.74) is 0. The van der Waals surface area contributed by atoms with E-state index < -0.39 is 0 Å². The molecule has 0 bridgehead atoms. The fourth-order valence-electron chi connectivity index (χ4n) is 1.24. The lowest BCUT2D eigenvalue weighted by Crippen LogP contribution is -2.12. The number of nitrogens with one attached hydrogen (secondary N) is 2. The molecule has 2 aromatic rings. The molecule has 100 valence electrons. The Hall–Kier alpha value is -1.73. The van der Waals surface area contributed by atoms with Gasteiger partial charge in [-0.15, -0.1) is 10.2 Å². The third-order valence-electron chi connectivity index (χ3n) is 2.11. The summed E-state index contributed by atoms with van der Waals surface area (Å²) in [4.78, 5) is 15.9. The minimum atomic E-state index is -0.336. The summed E-state index contributed by atoms with van der Waals surface area (Å²) in [5.74, 6) is 0.0875. The maximum Gasteiger partial charge on any atom is 0.287 e. The standard InChI is InChI=1S/C11H12ClN5OS/c1-2-5-13-11-17-16-10(19-11)9(18)15-8-4-3-7(12)6-14-8/h3-4,6H,2,5H2,1H3,(H,13,17)(H,14,15,18). The second-order valence-electron chi connectivity index (χ2n) is 3.65. The Morgan fingerprint density at radius 2 is 2.26 bits per heavy atom. The van der Waals surface area contributed by atoms with Crippen molar-refractivity contribution in [1.29, 1.82) is 0 Å². The highest BCUT2D eigenvalue weighted by molar-refractivity contribution is 7.17. The van der Waals surface area contributed by atoms with E-state index in [9.17, 15) is 4.79 Å². The molecule has 0 aliphatic carbocycles. The predicted molar refractivity (Wildman–Crippen MR) is 75.9 cm³/mol. The number of rotatable bonds is 5. The predicted octanol–water partition coefficient (Wildman–Crippen LogP) is 2.66. The molecule has 0 aliphatic heterocycles. The highest BCUT2D eigenvalue weighted by atomic mass is 35.5. The van der Waals surface area contributed by atoms with E-state index in [1.54, 1.807) is 12.1 Å². The van der Waals surface area contributed by atoms with Crippen molar-refractivity contribution in [2.45, 2.75) is 13.3 Å². The first kappa shape index (κ1) is 13.7. The molecule has 0 atom stereocenters. The molecule has 0 unspecified atom stereocenters. The summed E-state index contributed by atoms with van der Waals surface area (Å²) in [6, 6.07) is 3.27. The number of hydrogen-bond acceptors (Lipinski definition) is 6. The maximum atomic E-state index is 11.9. The molecule has 2 rings (SSSR count). The first-order valence-electron chi connectivity index (χ1n) is 5.69. The van der Waals surface area contributed by atoms with Gasteiger partial charge in [0.25, 0.3) is 5.91 Å². The smallest absolute Gasteiger partial charge is 0.287 e. The van der Waals surface area contributed by atoms with Gasteiger partial charge in [-0.25, -0.2) is 4.98 Å². The van der Waals surface area contributed by atoms with Gasteiger partial charge in [0, 0.05) is 12.7 Å². The summed E-state index contributed by atoms with van der Waals surface area (Å²) < 4.78 is 0. The molecule has 0 spiro atoms. The molecule has 0 saturated heterocycles. The lowest BCUT2D eigenvalue weighted by atomic mass is 10.4. The number of aromatic nitrogens is 3. The molecule has 2 aromatic heterocycles. The molecule has 0 aliphatic rings. The van der Waals surface area contributed by atoms with Gasteiger partial charge in [-0.1, -0.05) is 29.9 Å². The van der Waals surface area contributed by atoms with E-state index in [4.69, 9.17) is 11.6 Å². The van der Waals surface area contributed by atoms with Crippen LogP contribution in [0.25, 0.3) is 0 Å². The minimum absolute atomic E-state index is 0.287. The van der Waals surface area contributed by atoms with Crippen LogP contribution in [0.5, 0.6) is 0 Å². The quantitative estimate of drug-likeness (QED) is 0.887. The van der Waals surface area contributed by atoms with Crippen LogP contribution in [0.4, 0.5) is 10.9 Å². The summed E-state index contributed by atoms with van der Waals surface area (Å²) in [5, 5.41) is 14.8. The first-order valence-corrected chi connectivity index (χ1v) is 6.88. The molecule has 8 heteroatoms. The van der Waals surface area contributed by atoms with E-state index in [1.165, 1.54) is 17.5 Å². The molecular formula is C11H12ClN5OS. The van der Waals surface area contributed by atoms with Crippen molar-refractivity contribution in [3.8, 4) is 0 Å². The summed E-state index contributed by atoms with van der Waals surface area (Å²) in [6.45, 7) is 2.85. The summed E-state index contributed by atoms with van der Waals surface area (Å²) in [7, 11) is 0. The van der Waals surface area contributed by atoms with Crippen LogP contribution >= 0.6 is 22.9 Å². The van der Waals surface area contributed by atoms with Crippen molar-refractivity contribution in [2.75, 3.05) is 17.2 Å². The average Bonchev–Trinajstić information content (AvgIpc) is 2.88. The number of pyridine rings is 1. The number of halogens is 1. The third-order valence-corrected chi connectivity index (χ3v) is 3.22. The summed E-state index contributed by atoms with van der Waals surface area (Å²) in [6.07, 6.45) is 2.45. The Kier molecular flexibility index (Phi) is 4.64. The van der Waals surface area contributed by atoms with E-state index in [1.807, 2.05) is 6.92 Å². The fourth-order valence-corrected chi connectivity index (χ4v) is 2.01. The zero-order valence-electron chi connectivity index (χ0n) is 10.2. The second-order valence-corrected chi connectivity index (χ2v) is 5.07. The molecule has 0 saturated carbocycles. The van der Waals surface area contributed by atoms with Gasteiger partial charge in [0.2, 0.25) is 10.1 Å². The van der Waals surface area contributed by atoms with Gasteiger partial charge in [-0.3, -0.25) is 4.79 Å². The lowest BCUT2D eigenvalue weighted by Gasteiger charge is -2.00. The molecule has 1 amide bonds. The SMILES string of the molecule is CCCNc1nnc(C(=O)Nc2ccc(Cl)cn2)s1. The normalized spacial score (nSPS) is 10.2. The molecule has 2 N–H and O–H groups in total. The van der Waals surface area contributed by atoms with Crippen LogP contribution in [0.2, 0.25) is 5.02 Å². The van der Waals surface area contributed by atoms with Crippen molar-refractivity contribution in [3.05, 3.63) is 28.4 Å². The number of carbonyl (C=O) groups excluding carboxylic acids is 1. The molecule has 19 heavy (non-hydrogen) atoms. The number of nitrogens with zero attached hydrogens (tertiary/aromatic N) is 3. The van der Waals surface area contributed by atoms with Crippen molar-refractivity contribution in [3.63, 3.8) is 0 Å². The van der Waals surface area contributed by atoms with Gasteiger partial charge < -0.3 is 10.6 Å². The number of carbonyl (C=O) groups is 1. The molecule has 0 aromatic carbocycles. The topological polar surface area (TPSA) is 79.8 Å². The Morgan fingerprint density at radius 3 is 2.95 bits per heavy atom. The first-order chi connectivity index (χ1) is 9.19. The Labute approximate surface area is 119 Å². The number of amides is 1. The van der Waals surface area contributed by atoms with Gasteiger partial charge in [-0.2, -0.15) is 0 Å². The van der Waals surface area contributed by atoms with E-state index in [-0.39, 0.29) is 10.9 Å². The largest absolute Gasteiger partial charge is 0.360 e. The average molecular weight is 298 g/mol. The molecule has 0 radical (unpaired) electrons. The van der Waals surface area contributed by atoms with E-state index >= 15 is 0 Å². The van der Waals surface area contributed by atoms with Crippen LogP contribution < -0.4 is 10.6 Å². The minimum Gasteiger partial charge on any atom is -0.360 e. The second kappa shape index (κ2) is 6.44. The van der Waals surface area contributed by atoms with Crippen molar-refractivity contribution in [1.82, 2.24) is 15.2 Å². The van der Waals surface area contributed by atoms with Gasteiger partial charge in [-0.05, 0) is 18.6 Å². The van der Waals surface area contributed by atoms with Gasteiger partial charge in [0.15, 0.2) is 0 Å². The lowest BCUT2D eigenvalue weighted by molar-refractivity contribution is 0.102. The van der Waals surface area contributed by atoms with E-state index in [0.29, 0.717) is 16.0 Å². The van der Waals surface area contributed by atoms with Crippen molar-refractivity contribution < 1.29 is 4.79 Å². The van der Waals surface area contributed by atoms with E-state index in [0.717, 1.165) is 13.0 Å². The Bertz CT molecular complexity index is 556. The number of anilines is 2. The third kappa shape index (κ3) is 3.87. The van der Waals surface area contributed by atoms with Crippen LogP contribution in [0.15, 0.2) is 18.3 Å². The molecule has 6 nitrogen and oxygen atoms in total. The fraction of sp³-hybridized carbons (Fsp3) is 0.273. The van der Waals surface area contributed by atoms with Crippen molar-refractivity contribution in [2.24, 2.45) is 0 Å². The Balaban J connectivity index is 1.99. The molecule has 0 fully saturated rings. The highest BCUT2D eigenvalue weighted by Crippen LogP contribution is 2.17. The van der Waals surface area contributed by atoms with Gasteiger partial charge in [0.1, 0.15) is 5.82 Å². The summed E-state index contributed by atoms with van der Waals surface area (Å²) >= 11 is 6.92. The van der Waals surface area contributed by atoms with Crippen molar-refractivity contribution >= 4 is 39.8 Å². The number of hydrogen-bond donors (Lipinski definition) is 2. The highest BCUT2D eigenvalue weighted by Gasteiger charge is 2.13. The molecular weight excluding hydrogens is 286 g/mol. The zero-order chi connectivity index (χ0) is 13.7. The maximum absolute atomic E-state index is 11.9. The molecule has 2 heterocycles. The van der Waals surface area contributed by atoms with Gasteiger partial charge >= 0.3 is 0 Å². The van der Waals surface area contributed by atoms with Gasteiger partial charge in [0.05, 0.1) is 5.02 Å². The van der Waals surface area contributed by atoms with Crippen LogP contribution in [-0.4, -0.2) is 27.6 Å². The van der Waals surface area contributed by atoms with Crippen LogP contribution in [-0.2, 0) is 0 Å².